The molecule has 2 saturated carbocycles. The molecule has 5 heterocycles. The molecule has 3 aromatic carbocycles. The summed E-state index contributed by atoms with van der Waals surface area (Å²) >= 11 is 1.08. The third kappa shape index (κ3) is 10.5. The lowest BCUT2D eigenvalue weighted by Gasteiger charge is -2.57. The van der Waals surface area contributed by atoms with E-state index in [1.807, 2.05) is 31.2 Å². The number of likely N-dealkylation sites (tertiary alicyclic amines) is 2. The Labute approximate surface area is 409 Å². The van der Waals surface area contributed by atoms with Crippen LogP contribution in [0.4, 0.5) is 21.5 Å². The van der Waals surface area contributed by atoms with Gasteiger partial charge in [-0.15, -0.1) is 4.91 Å². The van der Waals surface area contributed by atoms with Crippen LogP contribution in [0.25, 0.3) is 11.0 Å². The first-order chi connectivity index (χ1) is 33.4. The molecule has 1 spiro atoms. The highest BCUT2D eigenvalue weighted by atomic mass is 32.2. The normalized spacial score (nSPS) is 23.7. The fraction of sp³-hybridized carbons (Fsp3) is 0.519. The fourth-order valence-electron chi connectivity index (χ4n) is 11.6. The average molecular weight is 959 g/mol. The number of carbonyl (C=O) groups excluding carboxylic acids is 1. The van der Waals surface area contributed by atoms with Gasteiger partial charge < -0.3 is 29.8 Å². The first-order valence-electron chi connectivity index (χ1n) is 25.3. The number of nitrogens with one attached hydrogen (secondary N) is 3. The zero-order valence-electron chi connectivity index (χ0n) is 40.3. The van der Waals surface area contributed by atoms with E-state index < -0.39 is 17.3 Å². The molecule has 3 aliphatic heterocycles. The number of amides is 1. The highest BCUT2D eigenvalue weighted by Crippen LogP contribution is 2.49. The van der Waals surface area contributed by atoms with Gasteiger partial charge in [0, 0.05) is 74.2 Å². The zero-order valence-corrected chi connectivity index (χ0v) is 41.1. The molecule has 5 fully saturated rings. The predicted octanol–water partition coefficient (Wildman–Crippen LogP) is 11.1. The van der Waals surface area contributed by atoms with Gasteiger partial charge in [-0.1, -0.05) is 44.5 Å². The van der Waals surface area contributed by atoms with Gasteiger partial charge in [-0.3, -0.25) is 19.3 Å². The van der Waals surface area contributed by atoms with Gasteiger partial charge in [0.05, 0.1) is 22.2 Å². The van der Waals surface area contributed by atoms with Crippen LogP contribution in [0.1, 0.15) is 118 Å². The fourth-order valence-corrected chi connectivity index (χ4v) is 12.2. The molecular weight excluding hydrogens is 892 g/mol. The maximum absolute atomic E-state index is 15.1. The van der Waals surface area contributed by atoms with Crippen molar-refractivity contribution in [3.63, 3.8) is 0 Å². The molecule has 4 N–H and O–H groups in total. The zero-order chi connectivity index (χ0) is 47.7. The van der Waals surface area contributed by atoms with Gasteiger partial charge in [0.15, 0.2) is 5.75 Å². The minimum absolute atomic E-state index is 0.209. The number of carbonyl (C=O) groups is 1. The summed E-state index contributed by atoms with van der Waals surface area (Å²) in [7, 11) is 0. The number of aromatic amines is 1. The standard InChI is InChI=1S/C54H67FN8O5S/c1-35(2)39-8-4-5-9-40(39)41-10-6-11-47(41)63-33-54(34-63)20-24-62(25-21-54)37-12-14-42(48(28-37)68-49-30-43-44(55)32-57-50(43)58-52(49)67-27-26-61-22-7-23-61)51(64)60-69-38-13-15-45(46(29-38)59-66)56-31-36-16-18-53(3,65)19-17-36/h4-5,8-9,12-15,28-30,32,35-36,41,47,56,65H,6-7,10-11,16-27,31,33-34H2,1-3H3,(H,57,58)(H,60,64)/t36-,41-,47-,53-/m0/s1. The molecule has 1 amide bonds. The maximum atomic E-state index is 15.1. The molecular formula is C54H67FN8O5S. The third-order valence-electron chi connectivity index (χ3n) is 15.9. The second kappa shape index (κ2) is 20.2. The number of nitrogens with zero attached hydrogens (tertiary/aromatic N) is 5. The Morgan fingerprint density at radius 3 is 2.52 bits per heavy atom. The third-order valence-corrected chi connectivity index (χ3v) is 16.7. The molecule has 15 heteroatoms. The highest BCUT2D eigenvalue weighted by molar-refractivity contribution is 7.98. The van der Waals surface area contributed by atoms with E-state index in [0.717, 1.165) is 108 Å². The molecule has 5 aliphatic rings. The van der Waals surface area contributed by atoms with E-state index in [0.29, 0.717) is 64.3 Å². The topological polar surface area (TPSA) is 148 Å². The van der Waals surface area contributed by atoms with E-state index in [1.54, 1.807) is 23.8 Å². The number of ether oxygens (including phenoxy) is 2. The Balaban J connectivity index is 0.849. The lowest BCUT2D eigenvalue weighted by Crippen LogP contribution is -2.63. The second-order valence-electron chi connectivity index (χ2n) is 21.1. The van der Waals surface area contributed by atoms with Gasteiger partial charge in [0.25, 0.3) is 11.8 Å². The van der Waals surface area contributed by atoms with Crippen LogP contribution in [0.5, 0.6) is 17.4 Å². The van der Waals surface area contributed by atoms with Gasteiger partial charge >= 0.3 is 0 Å². The summed E-state index contributed by atoms with van der Waals surface area (Å²) in [5.74, 6) is 1.33. The van der Waals surface area contributed by atoms with Crippen molar-refractivity contribution in [1.29, 1.82) is 0 Å². The van der Waals surface area contributed by atoms with Crippen molar-refractivity contribution in [1.82, 2.24) is 24.5 Å². The molecule has 2 aliphatic carbocycles. The predicted molar refractivity (Wildman–Crippen MR) is 272 cm³/mol. The monoisotopic (exact) mass is 958 g/mol. The van der Waals surface area contributed by atoms with Crippen LogP contribution in [-0.4, -0.2) is 101 Å². The first kappa shape index (κ1) is 47.5. The average Bonchev–Trinajstić information content (AvgIpc) is 3.96. The van der Waals surface area contributed by atoms with Crippen LogP contribution in [-0.2, 0) is 0 Å². The summed E-state index contributed by atoms with van der Waals surface area (Å²) in [4.78, 5) is 41.9. The van der Waals surface area contributed by atoms with Gasteiger partial charge in [-0.25, -0.2) is 4.39 Å². The molecule has 0 radical (unpaired) electrons. The van der Waals surface area contributed by atoms with Gasteiger partial charge in [-0.2, -0.15) is 4.98 Å². The van der Waals surface area contributed by atoms with Crippen molar-refractivity contribution in [2.75, 3.05) is 69.2 Å². The van der Waals surface area contributed by atoms with Crippen molar-refractivity contribution < 1.29 is 23.8 Å². The van der Waals surface area contributed by atoms with E-state index in [-0.39, 0.29) is 28.3 Å². The van der Waals surface area contributed by atoms with Crippen LogP contribution in [0, 0.1) is 22.1 Å². The Bertz CT molecular complexity index is 2630. The van der Waals surface area contributed by atoms with Gasteiger partial charge in [0.2, 0.25) is 0 Å². The number of pyridine rings is 1. The number of aliphatic hydroxyl groups is 1. The molecule has 2 atom stereocenters. The van der Waals surface area contributed by atoms with E-state index >= 15 is 4.39 Å². The van der Waals surface area contributed by atoms with Crippen molar-refractivity contribution in [2.24, 2.45) is 16.5 Å². The highest BCUT2D eigenvalue weighted by Gasteiger charge is 2.49. The number of halogens is 1. The number of nitroso groups, excluding NO2 is 1. The number of benzene rings is 3. The minimum atomic E-state index is -0.612. The maximum Gasteiger partial charge on any atom is 0.265 e. The van der Waals surface area contributed by atoms with E-state index in [9.17, 15) is 14.8 Å². The minimum Gasteiger partial charge on any atom is -0.474 e. The molecule has 10 rings (SSSR count). The lowest BCUT2D eigenvalue weighted by molar-refractivity contribution is -0.0493. The molecule has 0 unspecified atom stereocenters. The smallest absolute Gasteiger partial charge is 0.265 e. The molecule has 2 aromatic heterocycles. The lowest BCUT2D eigenvalue weighted by atomic mass is 9.70. The van der Waals surface area contributed by atoms with Crippen LogP contribution >= 0.6 is 11.9 Å². The van der Waals surface area contributed by atoms with Crippen molar-refractivity contribution >= 4 is 46.0 Å². The summed E-state index contributed by atoms with van der Waals surface area (Å²) in [5.41, 5.74) is 5.17. The quantitative estimate of drug-likeness (QED) is 0.0521. The van der Waals surface area contributed by atoms with Crippen LogP contribution in [0.3, 0.4) is 0 Å². The van der Waals surface area contributed by atoms with Gasteiger partial charge in [0.1, 0.15) is 29.5 Å². The SMILES string of the molecule is CC(C)c1ccccc1[C@@H]1CCC[C@@H]1N1CC2(CCN(c3ccc(C(=O)NSc4ccc(NC[C@H]5CC[C@](C)(O)CC5)c(N=O)c4)c(Oc4cc5c(F)c[nH]c5nc4OCCN4CCC4)c3)CC2)C1. The largest absolute Gasteiger partial charge is 0.474 e. The number of piperidine rings is 1. The Morgan fingerprint density at radius 2 is 1.77 bits per heavy atom. The number of anilines is 2. The van der Waals surface area contributed by atoms with Crippen LogP contribution in [0.2, 0.25) is 0 Å². The molecule has 13 nitrogen and oxygen atoms in total. The number of aromatic nitrogens is 2. The van der Waals surface area contributed by atoms with E-state index in [1.165, 1.54) is 31.0 Å². The second-order valence-corrected chi connectivity index (χ2v) is 21.9. The molecule has 0 bridgehead atoms. The van der Waals surface area contributed by atoms with Crippen molar-refractivity contribution in [3.8, 4) is 17.4 Å². The molecule has 366 valence electrons. The Morgan fingerprint density at radius 1 is 0.971 bits per heavy atom. The van der Waals surface area contributed by atoms with Crippen LogP contribution in [0.15, 0.2) is 83.0 Å². The van der Waals surface area contributed by atoms with Crippen molar-refractivity contribution in [2.45, 2.75) is 113 Å². The summed E-state index contributed by atoms with van der Waals surface area (Å²) in [6, 6.07) is 22.3. The number of rotatable bonds is 17. The molecule has 5 aromatic rings. The number of hydrogen-bond acceptors (Lipinski definition) is 12. The van der Waals surface area contributed by atoms with E-state index in [4.69, 9.17) is 9.47 Å². The number of H-pyrrole nitrogens is 1. The van der Waals surface area contributed by atoms with Crippen molar-refractivity contribution in [3.05, 3.63) is 100 Å². The number of fused-ring (bicyclic) bond motifs is 1. The van der Waals surface area contributed by atoms with Gasteiger partial charge in [-0.05, 0) is 160 Å². The summed E-state index contributed by atoms with van der Waals surface area (Å²) in [6.07, 6.45) is 11.7. The number of hydrogen-bond donors (Lipinski definition) is 4. The summed E-state index contributed by atoms with van der Waals surface area (Å²) in [6.45, 7) is 14.4. The first-order valence-corrected chi connectivity index (χ1v) is 26.1. The van der Waals surface area contributed by atoms with Crippen LogP contribution < -0.4 is 24.4 Å². The Kier molecular flexibility index (Phi) is 13.9. The van der Waals surface area contributed by atoms with E-state index in [2.05, 4.69) is 78.0 Å². The molecule has 3 saturated heterocycles. The summed E-state index contributed by atoms with van der Waals surface area (Å²) in [5, 5.41) is 17.3. The Hall–Kier alpha value is -5.22. The molecule has 69 heavy (non-hydrogen) atoms. The summed E-state index contributed by atoms with van der Waals surface area (Å²) < 4.78 is 30.9.